The van der Waals surface area contributed by atoms with Gasteiger partial charge >= 0.3 is 0 Å². The second-order valence-electron chi connectivity index (χ2n) is 3.07. The first kappa shape index (κ1) is 11.1. The molecule has 0 bridgehead atoms. The van der Waals surface area contributed by atoms with Crippen molar-refractivity contribution in [3.05, 3.63) is 38.1 Å². The van der Waals surface area contributed by atoms with Crippen LogP contribution in [0.4, 0.5) is 5.69 Å². The van der Waals surface area contributed by atoms with Crippen molar-refractivity contribution in [1.29, 1.82) is 0 Å². The number of methoxy groups -OCH3 is 1. The maximum Gasteiger partial charge on any atom is 0.299 e. The second kappa shape index (κ2) is 4.20. The van der Waals surface area contributed by atoms with Gasteiger partial charge in [-0.3, -0.25) is 10.1 Å². The van der Waals surface area contributed by atoms with Gasteiger partial charge < -0.3 is 4.74 Å². The number of nitro groups is 1. The summed E-state index contributed by atoms with van der Waals surface area (Å²) in [6.45, 7) is 0. The topological polar surface area (TPSA) is 65.3 Å². The molecule has 16 heavy (non-hydrogen) atoms. The Labute approximate surface area is 105 Å². The summed E-state index contributed by atoms with van der Waals surface area (Å²) in [5.41, 5.74) is 0.352. The molecule has 1 heterocycles. The number of aromatic nitrogens is 1. The molecular formula is C10H7IN2O3. The van der Waals surface area contributed by atoms with Crippen LogP contribution in [-0.4, -0.2) is 17.0 Å². The number of ether oxygens (including phenoxy) is 1. The molecule has 1 aromatic carbocycles. The molecule has 0 saturated heterocycles. The van der Waals surface area contributed by atoms with E-state index in [4.69, 9.17) is 4.74 Å². The first-order valence-electron chi connectivity index (χ1n) is 4.40. The second-order valence-corrected chi connectivity index (χ2v) is 4.15. The molecule has 0 atom stereocenters. The lowest BCUT2D eigenvalue weighted by Gasteiger charge is -2.06. The number of hydrogen-bond acceptors (Lipinski definition) is 4. The predicted octanol–water partition coefficient (Wildman–Crippen LogP) is 2.76. The van der Waals surface area contributed by atoms with E-state index in [1.165, 1.54) is 19.4 Å². The molecule has 0 aliphatic heterocycles. The fourth-order valence-electron chi connectivity index (χ4n) is 1.46. The zero-order valence-corrected chi connectivity index (χ0v) is 10.5. The average molecular weight is 330 g/mol. The molecule has 1 aromatic heterocycles. The molecule has 0 unspecified atom stereocenters. The first-order chi connectivity index (χ1) is 7.65. The Hall–Kier alpha value is -1.44. The van der Waals surface area contributed by atoms with E-state index in [1.807, 2.05) is 0 Å². The van der Waals surface area contributed by atoms with E-state index in [0.29, 0.717) is 11.3 Å². The Morgan fingerprint density at radius 3 is 2.94 bits per heavy atom. The van der Waals surface area contributed by atoms with Crippen LogP contribution in [0.2, 0.25) is 0 Å². The molecule has 0 fully saturated rings. The van der Waals surface area contributed by atoms with Gasteiger partial charge in [0.2, 0.25) is 0 Å². The molecule has 5 nitrogen and oxygen atoms in total. The number of benzene rings is 1. The van der Waals surface area contributed by atoms with Crippen molar-refractivity contribution in [1.82, 2.24) is 4.98 Å². The van der Waals surface area contributed by atoms with Crippen LogP contribution in [0.15, 0.2) is 24.4 Å². The number of hydrogen-bond donors (Lipinski definition) is 0. The third-order valence-electron chi connectivity index (χ3n) is 2.19. The van der Waals surface area contributed by atoms with Gasteiger partial charge in [-0.15, -0.1) is 0 Å². The van der Waals surface area contributed by atoms with Crippen LogP contribution in [0, 0.1) is 13.7 Å². The molecule has 0 N–H and O–H groups in total. The maximum atomic E-state index is 10.9. The van der Waals surface area contributed by atoms with Crippen LogP contribution < -0.4 is 4.74 Å². The van der Waals surface area contributed by atoms with Gasteiger partial charge in [-0.05, 0) is 34.7 Å². The van der Waals surface area contributed by atoms with Crippen molar-refractivity contribution in [2.75, 3.05) is 7.11 Å². The highest BCUT2D eigenvalue weighted by atomic mass is 127. The Morgan fingerprint density at radius 1 is 1.56 bits per heavy atom. The van der Waals surface area contributed by atoms with Crippen molar-refractivity contribution in [3.8, 4) is 5.75 Å². The van der Waals surface area contributed by atoms with Crippen LogP contribution in [0.5, 0.6) is 5.75 Å². The molecule has 0 aliphatic rings. The largest absolute Gasteiger partial charge is 0.495 e. The summed E-state index contributed by atoms with van der Waals surface area (Å²) in [6.07, 6.45) is 1.54. The van der Waals surface area contributed by atoms with Gasteiger partial charge in [0.15, 0.2) is 0 Å². The molecule has 2 rings (SSSR count). The van der Waals surface area contributed by atoms with E-state index in [0.717, 1.165) is 8.96 Å². The average Bonchev–Trinajstić information content (AvgIpc) is 2.29. The van der Waals surface area contributed by atoms with Crippen LogP contribution in [0.25, 0.3) is 10.9 Å². The van der Waals surface area contributed by atoms with Gasteiger partial charge in [-0.25, -0.2) is 4.98 Å². The lowest BCUT2D eigenvalue weighted by molar-refractivity contribution is -0.383. The standard InChI is InChI=1S/C10H7IN2O3/c1-16-8-5-7(13(14)15)10-6(9(8)11)3-2-4-12-10/h2-5H,1H3. The minimum absolute atomic E-state index is 0.0344. The number of rotatable bonds is 2. The van der Waals surface area contributed by atoms with Gasteiger partial charge in [0, 0.05) is 11.6 Å². The third kappa shape index (κ3) is 1.69. The molecule has 0 saturated carbocycles. The molecular weight excluding hydrogens is 323 g/mol. The summed E-state index contributed by atoms with van der Waals surface area (Å²) in [6, 6.07) is 4.93. The summed E-state index contributed by atoms with van der Waals surface area (Å²) >= 11 is 2.09. The van der Waals surface area contributed by atoms with E-state index in [-0.39, 0.29) is 5.69 Å². The Balaban J connectivity index is 2.90. The normalized spacial score (nSPS) is 10.4. The lowest BCUT2D eigenvalue weighted by Crippen LogP contribution is -1.96. The summed E-state index contributed by atoms with van der Waals surface area (Å²) < 4.78 is 5.93. The monoisotopic (exact) mass is 330 g/mol. The van der Waals surface area contributed by atoms with Crippen molar-refractivity contribution in [2.45, 2.75) is 0 Å². The van der Waals surface area contributed by atoms with E-state index in [1.54, 1.807) is 12.1 Å². The Morgan fingerprint density at radius 2 is 2.31 bits per heavy atom. The molecule has 0 spiro atoms. The molecule has 0 aliphatic carbocycles. The third-order valence-corrected chi connectivity index (χ3v) is 3.30. The first-order valence-corrected chi connectivity index (χ1v) is 5.48. The van der Waals surface area contributed by atoms with Gasteiger partial charge in [-0.1, -0.05) is 0 Å². The van der Waals surface area contributed by atoms with Gasteiger partial charge in [-0.2, -0.15) is 0 Å². The van der Waals surface area contributed by atoms with Gasteiger partial charge in [0.25, 0.3) is 5.69 Å². The lowest BCUT2D eigenvalue weighted by atomic mass is 10.2. The summed E-state index contributed by atoms with van der Waals surface area (Å²) in [4.78, 5) is 14.5. The van der Waals surface area contributed by atoms with Crippen molar-refractivity contribution in [3.63, 3.8) is 0 Å². The minimum atomic E-state index is -0.450. The Bertz CT molecular complexity index is 571. The molecule has 6 heteroatoms. The van der Waals surface area contributed by atoms with E-state index < -0.39 is 4.92 Å². The number of nitrogens with zero attached hydrogens (tertiary/aromatic N) is 2. The highest BCUT2D eigenvalue weighted by Gasteiger charge is 2.18. The van der Waals surface area contributed by atoms with Crippen LogP contribution in [-0.2, 0) is 0 Å². The number of non-ortho nitro benzene ring substituents is 1. The van der Waals surface area contributed by atoms with E-state index in [9.17, 15) is 10.1 Å². The van der Waals surface area contributed by atoms with Crippen LogP contribution in [0.1, 0.15) is 0 Å². The van der Waals surface area contributed by atoms with Crippen molar-refractivity contribution < 1.29 is 9.66 Å². The van der Waals surface area contributed by atoms with Crippen LogP contribution in [0.3, 0.4) is 0 Å². The highest BCUT2D eigenvalue weighted by molar-refractivity contribution is 14.1. The van der Waals surface area contributed by atoms with Gasteiger partial charge in [0.05, 0.1) is 21.7 Å². The van der Waals surface area contributed by atoms with E-state index >= 15 is 0 Å². The summed E-state index contributed by atoms with van der Waals surface area (Å²) in [5, 5.41) is 11.6. The smallest absolute Gasteiger partial charge is 0.299 e. The predicted molar refractivity (Wildman–Crippen MR) is 67.7 cm³/mol. The molecule has 82 valence electrons. The SMILES string of the molecule is COc1cc([N+](=O)[O-])c2ncccc2c1I. The Kier molecular flexibility index (Phi) is 2.90. The maximum absolute atomic E-state index is 10.9. The highest BCUT2D eigenvalue weighted by Crippen LogP contribution is 2.34. The number of nitro benzene ring substituents is 1. The van der Waals surface area contributed by atoms with E-state index in [2.05, 4.69) is 27.6 Å². The quantitative estimate of drug-likeness (QED) is 0.482. The zero-order valence-electron chi connectivity index (χ0n) is 8.31. The van der Waals surface area contributed by atoms with Crippen LogP contribution >= 0.6 is 22.6 Å². The summed E-state index contributed by atoms with van der Waals surface area (Å²) in [5.74, 6) is 0.493. The molecule has 0 amide bonds. The van der Waals surface area contributed by atoms with Crippen molar-refractivity contribution >= 4 is 39.2 Å². The fourth-order valence-corrected chi connectivity index (χ4v) is 2.27. The van der Waals surface area contributed by atoms with Crippen molar-refractivity contribution in [2.24, 2.45) is 0 Å². The fraction of sp³-hybridized carbons (Fsp3) is 0.100. The van der Waals surface area contributed by atoms with Gasteiger partial charge in [0.1, 0.15) is 11.3 Å². The molecule has 2 aromatic rings. The zero-order chi connectivity index (χ0) is 11.7. The minimum Gasteiger partial charge on any atom is -0.495 e. The number of fused-ring (bicyclic) bond motifs is 1. The number of halogens is 1. The summed E-state index contributed by atoms with van der Waals surface area (Å²) in [7, 11) is 1.49. The number of pyridine rings is 1. The molecule has 0 radical (unpaired) electrons.